The summed E-state index contributed by atoms with van der Waals surface area (Å²) in [6, 6.07) is 0.0491. The highest BCUT2D eigenvalue weighted by atomic mass is 32.2. The van der Waals surface area contributed by atoms with Gasteiger partial charge in [0, 0.05) is 19.3 Å². The fourth-order valence-electron chi connectivity index (χ4n) is 1.21. The molecule has 1 fully saturated rings. The zero-order chi connectivity index (χ0) is 10.8. The molecule has 1 heterocycles. The second-order valence-electron chi connectivity index (χ2n) is 4.62. The van der Waals surface area contributed by atoms with Crippen LogP contribution in [0.3, 0.4) is 0 Å². The van der Waals surface area contributed by atoms with Crippen molar-refractivity contribution in [2.45, 2.75) is 44.4 Å². The van der Waals surface area contributed by atoms with E-state index in [-0.39, 0.29) is 6.04 Å². The zero-order valence-corrected chi connectivity index (χ0v) is 9.86. The molecule has 14 heavy (non-hydrogen) atoms. The number of sulfonamides is 1. The molecule has 5 heteroatoms. The normalized spacial score (nSPS) is 21.1. The van der Waals surface area contributed by atoms with E-state index in [0.29, 0.717) is 13.2 Å². The molecule has 0 amide bonds. The molecule has 0 radical (unpaired) electrons. The molecule has 0 aromatic rings. The first-order valence-electron chi connectivity index (χ1n) is 4.92. The molecular formula is C9H19NO3S. The van der Waals surface area contributed by atoms with Crippen LogP contribution in [0.25, 0.3) is 0 Å². The van der Waals surface area contributed by atoms with Crippen molar-refractivity contribution in [1.29, 1.82) is 0 Å². The van der Waals surface area contributed by atoms with E-state index in [2.05, 4.69) is 4.72 Å². The minimum absolute atomic E-state index is 0.0491. The van der Waals surface area contributed by atoms with Crippen molar-refractivity contribution in [3.63, 3.8) is 0 Å². The minimum Gasteiger partial charge on any atom is -0.381 e. The van der Waals surface area contributed by atoms with Crippen molar-refractivity contribution in [1.82, 2.24) is 4.72 Å². The lowest BCUT2D eigenvalue weighted by atomic mass is 10.1. The van der Waals surface area contributed by atoms with Crippen molar-refractivity contribution in [2.75, 3.05) is 13.2 Å². The molecule has 1 aliphatic rings. The second kappa shape index (κ2) is 4.16. The SMILES string of the molecule is CC(C)(C)S(=O)(=O)NC1CCOCC1. The van der Waals surface area contributed by atoms with Crippen LogP contribution >= 0.6 is 0 Å². The molecule has 4 nitrogen and oxygen atoms in total. The average Bonchev–Trinajstić information content (AvgIpc) is 2.03. The molecule has 1 aliphatic heterocycles. The highest BCUT2D eigenvalue weighted by Gasteiger charge is 2.31. The molecule has 0 aliphatic carbocycles. The maximum atomic E-state index is 11.8. The van der Waals surface area contributed by atoms with E-state index in [4.69, 9.17) is 4.74 Å². The molecule has 1 saturated heterocycles. The third kappa shape index (κ3) is 2.93. The summed E-state index contributed by atoms with van der Waals surface area (Å²) in [5, 5.41) is 0. The molecule has 0 aromatic heterocycles. The highest BCUT2D eigenvalue weighted by molar-refractivity contribution is 7.90. The summed E-state index contributed by atoms with van der Waals surface area (Å²) >= 11 is 0. The van der Waals surface area contributed by atoms with E-state index in [9.17, 15) is 8.42 Å². The van der Waals surface area contributed by atoms with Gasteiger partial charge in [-0.3, -0.25) is 0 Å². The Morgan fingerprint density at radius 3 is 2.14 bits per heavy atom. The molecule has 0 spiro atoms. The predicted octanol–water partition coefficient (Wildman–Crippen LogP) is 0.883. The van der Waals surface area contributed by atoms with Crippen LogP contribution in [0.15, 0.2) is 0 Å². The van der Waals surface area contributed by atoms with Crippen LogP contribution < -0.4 is 4.72 Å². The van der Waals surface area contributed by atoms with Gasteiger partial charge in [0.05, 0.1) is 4.75 Å². The molecule has 0 unspecified atom stereocenters. The number of rotatable bonds is 2. The fourth-order valence-corrected chi connectivity index (χ4v) is 2.24. The van der Waals surface area contributed by atoms with E-state index in [0.717, 1.165) is 12.8 Å². The topological polar surface area (TPSA) is 55.4 Å². The Morgan fingerprint density at radius 1 is 1.21 bits per heavy atom. The third-order valence-electron chi connectivity index (χ3n) is 2.35. The summed E-state index contributed by atoms with van der Waals surface area (Å²) in [6.45, 7) is 6.41. The Balaban J connectivity index is 2.58. The van der Waals surface area contributed by atoms with E-state index in [1.54, 1.807) is 20.8 Å². The molecule has 84 valence electrons. The van der Waals surface area contributed by atoms with E-state index in [1.807, 2.05) is 0 Å². The Bertz CT molecular complexity index is 273. The van der Waals surface area contributed by atoms with Gasteiger partial charge in [-0.2, -0.15) is 0 Å². The highest BCUT2D eigenvalue weighted by Crippen LogP contribution is 2.16. The van der Waals surface area contributed by atoms with Crippen molar-refractivity contribution < 1.29 is 13.2 Å². The first kappa shape index (κ1) is 11.9. The number of hydrogen-bond donors (Lipinski definition) is 1. The van der Waals surface area contributed by atoms with Gasteiger partial charge >= 0.3 is 0 Å². The lowest BCUT2D eigenvalue weighted by Crippen LogP contribution is -2.46. The van der Waals surface area contributed by atoms with E-state index in [1.165, 1.54) is 0 Å². The molecule has 0 bridgehead atoms. The predicted molar refractivity (Wildman–Crippen MR) is 55.6 cm³/mol. The Kier molecular flexibility index (Phi) is 3.55. The van der Waals surface area contributed by atoms with Crippen LogP contribution in [-0.4, -0.2) is 32.4 Å². The smallest absolute Gasteiger partial charge is 0.216 e. The average molecular weight is 221 g/mol. The maximum Gasteiger partial charge on any atom is 0.216 e. The van der Waals surface area contributed by atoms with Crippen LogP contribution in [0.2, 0.25) is 0 Å². The first-order valence-corrected chi connectivity index (χ1v) is 6.41. The minimum atomic E-state index is -3.20. The monoisotopic (exact) mass is 221 g/mol. The van der Waals surface area contributed by atoms with Crippen molar-refractivity contribution in [3.05, 3.63) is 0 Å². The summed E-state index contributed by atoms with van der Waals surface area (Å²) < 4.78 is 30.7. The quantitative estimate of drug-likeness (QED) is 0.753. The fraction of sp³-hybridized carbons (Fsp3) is 1.00. The summed E-state index contributed by atoms with van der Waals surface area (Å²) in [7, 11) is -3.20. The Labute approximate surface area is 86.1 Å². The summed E-state index contributed by atoms with van der Waals surface area (Å²) in [5.41, 5.74) is 0. The van der Waals surface area contributed by atoms with Crippen molar-refractivity contribution >= 4 is 10.0 Å². The largest absolute Gasteiger partial charge is 0.381 e. The van der Waals surface area contributed by atoms with E-state index >= 15 is 0 Å². The molecular weight excluding hydrogens is 202 g/mol. The summed E-state index contributed by atoms with van der Waals surface area (Å²) in [6.07, 6.45) is 1.55. The zero-order valence-electron chi connectivity index (χ0n) is 9.04. The molecule has 0 atom stereocenters. The first-order chi connectivity index (χ1) is 6.33. The van der Waals surface area contributed by atoms with Gasteiger partial charge in [0.1, 0.15) is 0 Å². The van der Waals surface area contributed by atoms with Crippen LogP contribution in [0, 0.1) is 0 Å². The van der Waals surface area contributed by atoms with Crippen LogP contribution in [0.4, 0.5) is 0 Å². The van der Waals surface area contributed by atoms with Crippen LogP contribution in [0.5, 0.6) is 0 Å². The Morgan fingerprint density at radius 2 is 1.71 bits per heavy atom. The second-order valence-corrected chi connectivity index (χ2v) is 7.09. The van der Waals surface area contributed by atoms with Crippen molar-refractivity contribution in [3.8, 4) is 0 Å². The van der Waals surface area contributed by atoms with Gasteiger partial charge < -0.3 is 4.74 Å². The van der Waals surface area contributed by atoms with Gasteiger partial charge in [0.25, 0.3) is 0 Å². The van der Waals surface area contributed by atoms with Gasteiger partial charge in [-0.25, -0.2) is 13.1 Å². The molecule has 1 rings (SSSR count). The van der Waals surface area contributed by atoms with Crippen molar-refractivity contribution in [2.24, 2.45) is 0 Å². The Hall–Kier alpha value is -0.130. The molecule has 0 saturated carbocycles. The number of nitrogens with one attached hydrogen (secondary N) is 1. The summed E-state index contributed by atoms with van der Waals surface area (Å²) in [5.74, 6) is 0. The van der Waals surface area contributed by atoms with Crippen LogP contribution in [-0.2, 0) is 14.8 Å². The van der Waals surface area contributed by atoms with Gasteiger partial charge in [-0.15, -0.1) is 0 Å². The summed E-state index contributed by atoms with van der Waals surface area (Å²) in [4.78, 5) is 0. The molecule has 0 aromatic carbocycles. The van der Waals surface area contributed by atoms with Gasteiger partial charge in [0.15, 0.2) is 0 Å². The molecule has 1 N–H and O–H groups in total. The van der Waals surface area contributed by atoms with Crippen LogP contribution in [0.1, 0.15) is 33.6 Å². The maximum absolute atomic E-state index is 11.8. The van der Waals surface area contributed by atoms with Gasteiger partial charge in [-0.1, -0.05) is 0 Å². The van der Waals surface area contributed by atoms with Gasteiger partial charge in [-0.05, 0) is 33.6 Å². The number of hydrogen-bond acceptors (Lipinski definition) is 3. The van der Waals surface area contributed by atoms with Gasteiger partial charge in [0.2, 0.25) is 10.0 Å². The lowest BCUT2D eigenvalue weighted by Gasteiger charge is -2.27. The lowest BCUT2D eigenvalue weighted by molar-refractivity contribution is 0.0830. The third-order valence-corrected chi connectivity index (χ3v) is 4.61. The van der Waals surface area contributed by atoms with E-state index < -0.39 is 14.8 Å². The number of ether oxygens (including phenoxy) is 1. The standard InChI is InChI=1S/C9H19NO3S/c1-9(2,3)14(11,12)10-8-4-6-13-7-5-8/h8,10H,4-7H2,1-3H3.